The van der Waals surface area contributed by atoms with Crippen molar-refractivity contribution >= 4 is 17.9 Å². The fraction of sp³-hybridized carbons (Fsp3) is 0.542. The lowest BCUT2D eigenvalue weighted by Gasteiger charge is -2.31. The van der Waals surface area contributed by atoms with E-state index >= 15 is 0 Å². The number of nitrogens with one attached hydrogen (secondary N) is 2. The summed E-state index contributed by atoms with van der Waals surface area (Å²) in [6, 6.07) is 5.31. The molecule has 2 rings (SSSR count). The first-order valence-corrected chi connectivity index (χ1v) is 11.0. The molecule has 1 aliphatic rings. The molecule has 0 heterocycles. The minimum atomic E-state index is -1.42. The summed E-state index contributed by atoms with van der Waals surface area (Å²) in [5.74, 6) is -1.33. The van der Waals surface area contributed by atoms with E-state index < -0.39 is 42.2 Å². The summed E-state index contributed by atoms with van der Waals surface area (Å²) in [7, 11) is 0. The molecule has 0 spiro atoms. The van der Waals surface area contributed by atoms with Crippen molar-refractivity contribution in [1.29, 1.82) is 0 Å². The molecule has 1 aliphatic carbocycles. The predicted octanol–water partition coefficient (Wildman–Crippen LogP) is 2.19. The molecule has 0 bridgehead atoms. The molecule has 1 fully saturated rings. The third-order valence-electron chi connectivity index (χ3n) is 5.22. The molecule has 1 aromatic carbocycles. The fourth-order valence-electron chi connectivity index (χ4n) is 3.67. The zero-order valence-electron chi connectivity index (χ0n) is 19.3. The summed E-state index contributed by atoms with van der Waals surface area (Å²) >= 11 is 0. The van der Waals surface area contributed by atoms with E-state index in [0.29, 0.717) is 5.56 Å². The number of aromatic hydroxyl groups is 1. The van der Waals surface area contributed by atoms with Gasteiger partial charge in [-0.3, -0.25) is 14.5 Å². The summed E-state index contributed by atoms with van der Waals surface area (Å²) < 4.78 is 5.15. The maximum Gasteiger partial charge on any atom is 0.408 e. The maximum atomic E-state index is 13.3. The number of phenols is 1. The Kier molecular flexibility index (Phi) is 9.12. The van der Waals surface area contributed by atoms with Crippen LogP contribution >= 0.6 is 0 Å². The van der Waals surface area contributed by atoms with Gasteiger partial charge in [0.15, 0.2) is 0 Å². The SMILES string of the molecule is C#CN(C(=O)C(CO)NC(=O)OC(C)(C)C)C(C(=O)NC1CCCCC1)c1ccc(O)cc1. The van der Waals surface area contributed by atoms with Crippen LogP contribution < -0.4 is 10.6 Å². The van der Waals surface area contributed by atoms with Crippen molar-refractivity contribution < 1.29 is 29.3 Å². The standard InChI is InChI=1S/C24H33N3O6/c1-5-27(22(31)19(15-28)26-23(32)33-24(2,3)4)20(16-11-13-18(29)14-12-16)21(30)25-17-9-7-6-8-10-17/h1,11-14,17,19-20,28-29H,6-10,15H2,2-4H3,(H,25,30)(H,26,32). The van der Waals surface area contributed by atoms with Crippen molar-refractivity contribution in [2.75, 3.05) is 6.61 Å². The van der Waals surface area contributed by atoms with E-state index in [4.69, 9.17) is 11.2 Å². The van der Waals surface area contributed by atoms with Gasteiger partial charge >= 0.3 is 6.09 Å². The largest absolute Gasteiger partial charge is 0.508 e. The molecular weight excluding hydrogens is 426 g/mol. The zero-order valence-corrected chi connectivity index (χ0v) is 19.3. The van der Waals surface area contributed by atoms with Crippen LogP contribution in [-0.4, -0.2) is 57.3 Å². The molecule has 0 aromatic heterocycles. The molecule has 4 N–H and O–H groups in total. The van der Waals surface area contributed by atoms with Crippen LogP contribution in [0.2, 0.25) is 0 Å². The number of aliphatic hydroxyl groups excluding tert-OH is 1. The molecule has 3 amide bonds. The molecule has 180 valence electrons. The van der Waals surface area contributed by atoms with Crippen LogP contribution in [0.1, 0.15) is 64.5 Å². The van der Waals surface area contributed by atoms with E-state index in [9.17, 15) is 24.6 Å². The smallest absolute Gasteiger partial charge is 0.408 e. The minimum absolute atomic E-state index is 0.0106. The van der Waals surface area contributed by atoms with Gasteiger partial charge in [0.25, 0.3) is 5.91 Å². The number of amides is 3. The number of terminal acetylenes is 1. The Balaban J connectivity index is 2.30. The predicted molar refractivity (Wildman–Crippen MR) is 122 cm³/mol. The van der Waals surface area contributed by atoms with Crippen molar-refractivity contribution in [3.63, 3.8) is 0 Å². The second kappa shape index (κ2) is 11.6. The number of nitrogens with zero attached hydrogens (tertiary/aromatic N) is 1. The molecule has 2 unspecified atom stereocenters. The Labute approximate surface area is 194 Å². The van der Waals surface area contributed by atoms with E-state index in [1.807, 2.05) is 0 Å². The topological polar surface area (TPSA) is 128 Å². The van der Waals surface area contributed by atoms with E-state index in [0.717, 1.165) is 37.0 Å². The van der Waals surface area contributed by atoms with Gasteiger partial charge in [-0.15, -0.1) is 0 Å². The molecule has 0 saturated heterocycles. The lowest BCUT2D eigenvalue weighted by molar-refractivity contribution is -0.139. The molecule has 33 heavy (non-hydrogen) atoms. The number of ether oxygens (including phenoxy) is 1. The van der Waals surface area contributed by atoms with Crippen LogP contribution in [0.5, 0.6) is 5.75 Å². The third kappa shape index (κ3) is 7.68. The van der Waals surface area contributed by atoms with Gasteiger partial charge in [-0.25, -0.2) is 4.79 Å². The minimum Gasteiger partial charge on any atom is -0.508 e. The number of aliphatic hydroxyl groups is 1. The van der Waals surface area contributed by atoms with Gasteiger partial charge in [0, 0.05) is 12.1 Å². The van der Waals surface area contributed by atoms with Gasteiger partial charge in [-0.05, 0) is 51.3 Å². The first-order valence-electron chi connectivity index (χ1n) is 11.0. The number of carbonyl (C=O) groups excluding carboxylic acids is 3. The summed E-state index contributed by atoms with van der Waals surface area (Å²) in [6.45, 7) is 4.23. The molecule has 0 radical (unpaired) electrons. The van der Waals surface area contributed by atoms with Crippen LogP contribution in [0.4, 0.5) is 4.79 Å². The number of carbonyl (C=O) groups is 3. The second-order valence-electron chi connectivity index (χ2n) is 9.06. The Morgan fingerprint density at radius 2 is 1.79 bits per heavy atom. The number of alkyl carbamates (subject to hydrolysis) is 1. The van der Waals surface area contributed by atoms with Crippen molar-refractivity contribution in [3.05, 3.63) is 29.8 Å². The maximum absolute atomic E-state index is 13.3. The van der Waals surface area contributed by atoms with Crippen LogP contribution in [0.3, 0.4) is 0 Å². The highest BCUT2D eigenvalue weighted by Gasteiger charge is 2.36. The lowest BCUT2D eigenvalue weighted by atomic mass is 9.94. The normalized spacial score (nSPS) is 16.1. The fourth-order valence-corrected chi connectivity index (χ4v) is 3.67. The molecule has 1 saturated carbocycles. The average molecular weight is 460 g/mol. The highest BCUT2D eigenvalue weighted by Crippen LogP contribution is 2.25. The molecule has 0 aliphatic heterocycles. The van der Waals surface area contributed by atoms with Crippen LogP contribution in [0.25, 0.3) is 0 Å². The summed E-state index contributed by atoms with van der Waals surface area (Å²) in [5.41, 5.74) is -0.436. The van der Waals surface area contributed by atoms with Crippen molar-refractivity contribution in [3.8, 4) is 18.2 Å². The summed E-state index contributed by atoms with van der Waals surface area (Å²) in [6.07, 6.45) is 9.50. The van der Waals surface area contributed by atoms with Gasteiger partial charge in [-0.1, -0.05) is 37.8 Å². The number of rotatable bonds is 7. The number of phenolic OH excluding ortho intramolecular Hbond substituents is 1. The monoisotopic (exact) mass is 459 g/mol. The van der Waals surface area contributed by atoms with Gasteiger partial charge in [0.05, 0.1) is 6.61 Å². The first kappa shape index (κ1) is 26.0. The van der Waals surface area contributed by atoms with Crippen LogP contribution in [-0.2, 0) is 14.3 Å². The zero-order chi connectivity index (χ0) is 24.6. The second-order valence-corrected chi connectivity index (χ2v) is 9.06. The van der Waals surface area contributed by atoms with E-state index in [2.05, 4.69) is 16.7 Å². The molecular formula is C24H33N3O6. The van der Waals surface area contributed by atoms with Crippen molar-refractivity contribution in [2.45, 2.75) is 76.6 Å². The first-order chi connectivity index (χ1) is 15.6. The van der Waals surface area contributed by atoms with E-state index in [1.165, 1.54) is 24.3 Å². The highest BCUT2D eigenvalue weighted by atomic mass is 16.6. The molecule has 1 aromatic rings. The van der Waals surface area contributed by atoms with E-state index in [1.54, 1.807) is 20.8 Å². The number of hydrogen-bond donors (Lipinski definition) is 4. The quantitative estimate of drug-likeness (QED) is 0.366. The van der Waals surface area contributed by atoms with Crippen molar-refractivity contribution in [2.24, 2.45) is 0 Å². The molecule has 9 heteroatoms. The Morgan fingerprint density at radius 1 is 1.18 bits per heavy atom. The third-order valence-corrected chi connectivity index (χ3v) is 5.22. The Bertz CT molecular complexity index is 866. The Hall–Kier alpha value is -3.25. The van der Waals surface area contributed by atoms with E-state index in [-0.39, 0.29) is 11.8 Å². The molecule has 9 nitrogen and oxygen atoms in total. The van der Waals surface area contributed by atoms with Crippen LogP contribution in [0.15, 0.2) is 24.3 Å². The molecule has 2 atom stereocenters. The number of benzene rings is 1. The van der Waals surface area contributed by atoms with Crippen LogP contribution in [0, 0.1) is 12.5 Å². The lowest BCUT2D eigenvalue weighted by Crippen LogP contribution is -2.53. The average Bonchev–Trinajstić information content (AvgIpc) is 2.75. The number of hydrogen-bond acceptors (Lipinski definition) is 6. The van der Waals surface area contributed by atoms with Gasteiger partial charge < -0.3 is 25.6 Å². The Morgan fingerprint density at radius 3 is 2.30 bits per heavy atom. The summed E-state index contributed by atoms with van der Waals surface area (Å²) in [5, 5.41) is 24.7. The van der Waals surface area contributed by atoms with Gasteiger partial charge in [0.2, 0.25) is 5.91 Å². The van der Waals surface area contributed by atoms with Gasteiger partial charge in [-0.2, -0.15) is 0 Å². The highest BCUT2D eigenvalue weighted by molar-refractivity contribution is 5.93. The summed E-state index contributed by atoms with van der Waals surface area (Å²) in [4.78, 5) is 39.5. The van der Waals surface area contributed by atoms with Gasteiger partial charge in [0.1, 0.15) is 23.4 Å². The van der Waals surface area contributed by atoms with Crippen molar-refractivity contribution in [1.82, 2.24) is 15.5 Å².